The molecule has 4 rings (SSSR count). The lowest BCUT2D eigenvalue weighted by Crippen LogP contribution is -2.49. The molecule has 0 atom stereocenters. The summed E-state index contributed by atoms with van der Waals surface area (Å²) >= 11 is 0. The van der Waals surface area contributed by atoms with Gasteiger partial charge in [0.1, 0.15) is 11.9 Å². The molecule has 3 aromatic rings. The monoisotopic (exact) mass is 378 g/mol. The van der Waals surface area contributed by atoms with Crippen molar-refractivity contribution in [3.63, 3.8) is 0 Å². The lowest BCUT2D eigenvalue weighted by molar-refractivity contribution is -0.131. The van der Waals surface area contributed by atoms with Crippen molar-refractivity contribution in [3.05, 3.63) is 48.2 Å². The van der Waals surface area contributed by atoms with Gasteiger partial charge in [-0.3, -0.25) is 4.79 Å². The topological polar surface area (TPSA) is 112 Å². The number of furan rings is 1. The van der Waals surface area contributed by atoms with Crippen molar-refractivity contribution < 1.29 is 13.7 Å². The second-order valence-electron chi connectivity index (χ2n) is 6.34. The number of amides is 1. The van der Waals surface area contributed by atoms with Crippen LogP contribution in [0.4, 0.5) is 5.82 Å². The van der Waals surface area contributed by atoms with E-state index >= 15 is 0 Å². The molecular formula is C19H18N6O3. The minimum atomic E-state index is 0.0407. The summed E-state index contributed by atoms with van der Waals surface area (Å²) in [6.07, 6.45) is 3.90. The molecule has 1 amide bonds. The molecule has 0 radical (unpaired) electrons. The van der Waals surface area contributed by atoms with Crippen LogP contribution in [0, 0.1) is 11.3 Å². The summed E-state index contributed by atoms with van der Waals surface area (Å²) in [4.78, 5) is 24.9. The first kappa shape index (κ1) is 17.7. The maximum Gasteiger partial charge on any atom is 0.238 e. The minimum Gasteiger partial charge on any atom is -0.461 e. The zero-order chi connectivity index (χ0) is 19.3. The fraction of sp³-hybridized carbons (Fsp3) is 0.316. The first-order valence-corrected chi connectivity index (χ1v) is 8.99. The number of nitriles is 1. The summed E-state index contributed by atoms with van der Waals surface area (Å²) in [6.45, 7) is 2.45. The molecule has 0 N–H and O–H groups in total. The van der Waals surface area contributed by atoms with Crippen LogP contribution in [0.15, 0.2) is 45.7 Å². The fourth-order valence-electron chi connectivity index (χ4n) is 3.14. The fourth-order valence-corrected chi connectivity index (χ4v) is 3.14. The van der Waals surface area contributed by atoms with Crippen molar-refractivity contribution in [1.29, 1.82) is 5.26 Å². The Morgan fingerprint density at radius 3 is 2.82 bits per heavy atom. The Kier molecular flexibility index (Phi) is 5.01. The molecule has 0 unspecified atom stereocenters. The van der Waals surface area contributed by atoms with Crippen molar-refractivity contribution in [3.8, 4) is 17.7 Å². The van der Waals surface area contributed by atoms with Crippen molar-refractivity contribution in [2.24, 2.45) is 0 Å². The van der Waals surface area contributed by atoms with E-state index in [9.17, 15) is 10.1 Å². The second-order valence-corrected chi connectivity index (χ2v) is 6.34. The number of carbonyl (C=O) groups is 1. The number of hydrogen-bond acceptors (Lipinski definition) is 8. The molecule has 3 aromatic heterocycles. The molecule has 4 heterocycles. The lowest BCUT2D eigenvalue weighted by Gasteiger charge is -2.35. The molecule has 0 aromatic carbocycles. The Morgan fingerprint density at radius 2 is 2.07 bits per heavy atom. The van der Waals surface area contributed by atoms with E-state index in [1.807, 2.05) is 9.80 Å². The molecular weight excluding hydrogens is 360 g/mol. The average Bonchev–Trinajstić information content (AvgIpc) is 3.44. The highest BCUT2D eigenvalue weighted by molar-refractivity contribution is 5.76. The van der Waals surface area contributed by atoms with E-state index in [-0.39, 0.29) is 5.91 Å². The van der Waals surface area contributed by atoms with Crippen LogP contribution in [-0.4, -0.2) is 52.1 Å². The largest absolute Gasteiger partial charge is 0.461 e. The number of rotatable bonds is 5. The van der Waals surface area contributed by atoms with Gasteiger partial charge < -0.3 is 18.7 Å². The smallest absolute Gasteiger partial charge is 0.238 e. The maximum absolute atomic E-state index is 12.5. The van der Waals surface area contributed by atoms with Crippen LogP contribution in [0.2, 0.25) is 0 Å². The Hall–Kier alpha value is -3.67. The number of aromatic nitrogens is 3. The highest BCUT2D eigenvalue weighted by atomic mass is 16.5. The van der Waals surface area contributed by atoms with Gasteiger partial charge in [0.05, 0.1) is 11.8 Å². The number of pyridine rings is 1. The molecule has 9 nitrogen and oxygen atoms in total. The molecule has 1 aliphatic rings. The Balaban J connectivity index is 1.29. The van der Waals surface area contributed by atoms with Crippen LogP contribution in [0.25, 0.3) is 11.6 Å². The van der Waals surface area contributed by atoms with E-state index in [1.54, 1.807) is 36.7 Å². The van der Waals surface area contributed by atoms with Crippen LogP contribution < -0.4 is 4.90 Å². The third kappa shape index (κ3) is 3.71. The third-order valence-electron chi connectivity index (χ3n) is 4.60. The van der Waals surface area contributed by atoms with E-state index in [4.69, 9.17) is 8.94 Å². The van der Waals surface area contributed by atoms with Crippen LogP contribution >= 0.6 is 0 Å². The third-order valence-corrected chi connectivity index (χ3v) is 4.60. The number of nitrogens with zero attached hydrogens (tertiary/aromatic N) is 6. The summed E-state index contributed by atoms with van der Waals surface area (Å²) < 4.78 is 10.4. The van der Waals surface area contributed by atoms with Crippen LogP contribution in [0.1, 0.15) is 17.9 Å². The number of carbonyl (C=O) groups excluding carboxylic acids is 1. The molecule has 1 aliphatic heterocycles. The Labute approximate surface area is 161 Å². The van der Waals surface area contributed by atoms with Gasteiger partial charge in [-0.2, -0.15) is 10.2 Å². The highest BCUT2D eigenvalue weighted by Crippen LogP contribution is 2.19. The molecule has 142 valence electrons. The molecule has 28 heavy (non-hydrogen) atoms. The van der Waals surface area contributed by atoms with Gasteiger partial charge in [-0.15, -0.1) is 0 Å². The van der Waals surface area contributed by atoms with Gasteiger partial charge in [0.25, 0.3) is 0 Å². The predicted molar refractivity (Wildman–Crippen MR) is 98.1 cm³/mol. The molecule has 9 heteroatoms. The van der Waals surface area contributed by atoms with E-state index in [0.717, 1.165) is 0 Å². The molecule has 1 fully saturated rings. The number of piperazine rings is 1. The normalized spacial score (nSPS) is 14.1. The minimum absolute atomic E-state index is 0.0407. The van der Waals surface area contributed by atoms with E-state index < -0.39 is 0 Å². The quantitative estimate of drug-likeness (QED) is 0.661. The van der Waals surface area contributed by atoms with Crippen molar-refractivity contribution in [2.45, 2.75) is 12.8 Å². The number of aryl methyl sites for hydroxylation is 1. The second kappa shape index (κ2) is 7.92. The summed E-state index contributed by atoms with van der Waals surface area (Å²) in [6, 6.07) is 9.16. The number of hydrogen-bond donors (Lipinski definition) is 0. The van der Waals surface area contributed by atoms with Gasteiger partial charge in [-0.1, -0.05) is 5.16 Å². The van der Waals surface area contributed by atoms with Gasteiger partial charge >= 0.3 is 0 Å². The van der Waals surface area contributed by atoms with E-state index in [0.29, 0.717) is 67.9 Å². The standard InChI is InChI=1S/C19H18N6O3/c20-13-14-3-1-7-21-19(14)25-10-8-24(9-11-25)17(26)6-5-16-22-18(23-28-16)15-4-2-12-27-15/h1-4,7,12H,5-6,8-11H2. The van der Waals surface area contributed by atoms with Gasteiger partial charge in [-0.25, -0.2) is 4.98 Å². The zero-order valence-corrected chi connectivity index (χ0v) is 15.1. The van der Waals surface area contributed by atoms with E-state index in [1.165, 1.54) is 0 Å². The van der Waals surface area contributed by atoms with Crippen molar-refractivity contribution >= 4 is 11.7 Å². The van der Waals surface area contributed by atoms with Crippen LogP contribution in [-0.2, 0) is 11.2 Å². The summed E-state index contributed by atoms with van der Waals surface area (Å²) in [5, 5.41) is 13.1. The summed E-state index contributed by atoms with van der Waals surface area (Å²) in [5.41, 5.74) is 0.547. The zero-order valence-electron chi connectivity index (χ0n) is 15.1. The molecule has 0 bridgehead atoms. The van der Waals surface area contributed by atoms with Gasteiger partial charge in [0.2, 0.25) is 17.6 Å². The summed E-state index contributed by atoms with van der Waals surface area (Å²) in [5.74, 6) is 2.03. The first-order chi connectivity index (χ1) is 13.7. The average molecular weight is 378 g/mol. The molecule has 0 saturated carbocycles. The van der Waals surface area contributed by atoms with Gasteiger partial charge in [-0.05, 0) is 24.3 Å². The summed E-state index contributed by atoms with van der Waals surface area (Å²) in [7, 11) is 0. The van der Waals surface area contributed by atoms with E-state index in [2.05, 4.69) is 21.2 Å². The van der Waals surface area contributed by atoms with Crippen molar-refractivity contribution in [1.82, 2.24) is 20.0 Å². The highest BCUT2D eigenvalue weighted by Gasteiger charge is 2.23. The molecule has 0 aliphatic carbocycles. The Morgan fingerprint density at radius 1 is 1.21 bits per heavy atom. The first-order valence-electron chi connectivity index (χ1n) is 8.99. The lowest BCUT2D eigenvalue weighted by atomic mass is 10.2. The molecule has 1 saturated heterocycles. The van der Waals surface area contributed by atoms with Crippen molar-refractivity contribution in [2.75, 3.05) is 31.1 Å². The molecule has 0 spiro atoms. The SMILES string of the molecule is N#Cc1cccnc1N1CCN(C(=O)CCc2nc(-c3ccco3)no2)CC1. The maximum atomic E-state index is 12.5. The Bertz CT molecular complexity index is 983. The van der Waals surface area contributed by atoms with Gasteiger partial charge in [0, 0.05) is 45.2 Å². The predicted octanol–water partition coefficient (Wildman–Crippen LogP) is 1.88. The van der Waals surface area contributed by atoms with Crippen LogP contribution in [0.3, 0.4) is 0 Å². The van der Waals surface area contributed by atoms with Gasteiger partial charge in [0.15, 0.2) is 5.76 Å². The van der Waals surface area contributed by atoms with Crippen LogP contribution in [0.5, 0.6) is 0 Å². The number of anilines is 1.